The van der Waals surface area contributed by atoms with Gasteiger partial charge >= 0.3 is 0 Å². The average molecular weight is 245 g/mol. The SMILES string of the molecule is Cc1cc(C)c(C)c(Oc2ccc(N)cc2F)c1. The fourth-order valence-corrected chi connectivity index (χ4v) is 1.83. The Bertz CT molecular complexity index is 593. The molecule has 0 aliphatic carbocycles. The molecule has 0 aromatic heterocycles. The first-order chi connectivity index (χ1) is 8.47. The summed E-state index contributed by atoms with van der Waals surface area (Å²) in [6.07, 6.45) is 0. The molecule has 2 nitrogen and oxygen atoms in total. The number of nitrogens with two attached hydrogens (primary N) is 1. The van der Waals surface area contributed by atoms with Gasteiger partial charge in [0.1, 0.15) is 5.75 Å². The summed E-state index contributed by atoms with van der Waals surface area (Å²) in [5.41, 5.74) is 9.11. The van der Waals surface area contributed by atoms with E-state index in [1.54, 1.807) is 12.1 Å². The van der Waals surface area contributed by atoms with Crippen molar-refractivity contribution in [3.63, 3.8) is 0 Å². The molecular weight excluding hydrogens is 229 g/mol. The predicted molar refractivity (Wildman–Crippen MR) is 71.5 cm³/mol. The van der Waals surface area contributed by atoms with E-state index in [0.717, 1.165) is 16.7 Å². The molecule has 2 aromatic carbocycles. The number of rotatable bonds is 2. The topological polar surface area (TPSA) is 35.2 Å². The average Bonchev–Trinajstić information content (AvgIpc) is 2.29. The maximum absolute atomic E-state index is 13.7. The molecule has 2 aromatic rings. The summed E-state index contributed by atoms with van der Waals surface area (Å²) >= 11 is 0. The molecule has 0 fully saturated rings. The van der Waals surface area contributed by atoms with Gasteiger partial charge in [-0.1, -0.05) is 6.07 Å². The van der Waals surface area contributed by atoms with Crippen LogP contribution in [-0.2, 0) is 0 Å². The third kappa shape index (κ3) is 2.45. The zero-order chi connectivity index (χ0) is 13.3. The normalized spacial score (nSPS) is 10.4. The first kappa shape index (κ1) is 12.4. The van der Waals surface area contributed by atoms with E-state index in [1.165, 1.54) is 6.07 Å². The summed E-state index contributed by atoms with van der Waals surface area (Å²) in [6, 6.07) is 8.39. The van der Waals surface area contributed by atoms with Crippen molar-refractivity contribution in [2.24, 2.45) is 0 Å². The van der Waals surface area contributed by atoms with Crippen LogP contribution in [0.2, 0.25) is 0 Å². The number of ether oxygens (including phenoxy) is 1. The van der Waals surface area contributed by atoms with Crippen LogP contribution in [0, 0.1) is 26.6 Å². The summed E-state index contributed by atoms with van der Waals surface area (Å²) in [4.78, 5) is 0. The Morgan fingerprint density at radius 3 is 2.39 bits per heavy atom. The monoisotopic (exact) mass is 245 g/mol. The van der Waals surface area contributed by atoms with E-state index in [1.807, 2.05) is 26.8 Å². The molecule has 0 saturated carbocycles. The lowest BCUT2D eigenvalue weighted by atomic mass is 10.1. The summed E-state index contributed by atoms with van der Waals surface area (Å²) in [5.74, 6) is 0.419. The third-order valence-electron chi connectivity index (χ3n) is 2.94. The molecule has 0 bridgehead atoms. The second-order valence-electron chi connectivity index (χ2n) is 4.50. The van der Waals surface area contributed by atoms with Crippen molar-refractivity contribution in [1.29, 1.82) is 0 Å². The van der Waals surface area contributed by atoms with Crippen molar-refractivity contribution in [2.75, 3.05) is 5.73 Å². The van der Waals surface area contributed by atoms with Gasteiger partial charge in [-0.3, -0.25) is 0 Å². The van der Waals surface area contributed by atoms with Crippen LogP contribution in [0.3, 0.4) is 0 Å². The zero-order valence-electron chi connectivity index (χ0n) is 10.8. The number of anilines is 1. The maximum Gasteiger partial charge on any atom is 0.167 e. The summed E-state index contributed by atoms with van der Waals surface area (Å²) < 4.78 is 19.3. The van der Waals surface area contributed by atoms with Gasteiger partial charge in [-0.15, -0.1) is 0 Å². The summed E-state index contributed by atoms with van der Waals surface area (Å²) in [5, 5.41) is 0. The van der Waals surface area contributed by atoms with Crippen molar-refractivity contribution in [3.05, 3.63) is 52.8 Å². The maximum atomic E-state index is 13.7. The molecule has 0 amide bonds. The number of hydrogen-bond donors (Lipinski definition) is 1. The van der Waals surface area contributed by atoms with E-state index in [2.05, 4.69) is 6.07 Å². The first-order valence-corrected chi connectivity index (χ1v) is 5.78. The molecule has 0 aliphatic heterocycles. The van der Waals surface area contributed by atoms with Crippen molar-refractivity contribution in [3.8, 4) is 11.5 Å². The van der Waals surface area contributed by atoms with Gasteiger partial charge in [-0.05, 0) is 55.7 Å². The minimum Gasteiger partial charge on any atom is -0.454 e. The van der Waals surface area contributed by atoms with Crippen molar-refractivity contribution >= 4 is 5.69 Å². The lowest BCUT2D eigenvalue weighted by molar-refractivity contribution is 0.439. The Morgan fingerprint density at radius 2 is 1.72 bits per heavy atom. The van der Waals surface area contributed by atoms with E-state index < -0.39 is 5.82 Å². The smallest absolute Gasteiger partial charge is 0.167 e. The molecule has 0 unspecified atom stereocenters. The summed E-state index contributed by atoms with van der Waals surface area (Å²) in [6.45, 7) is 5.95. The molecule has 0 saturated heterocycles. The number of nitrogen functional groups attached to an aromatic ring is 1. The molecule has 0 heterocycles. The van der Waals surface area contributed by atoms with E-state index in [-0.39, 0.29) is 5.75 Å². The van der Waals surface area contributed by atoms with Gasteiger partial charge in [-0.25, -0.2) is 4.39 Å². The van der Waals surface area contributed by atoms with Crippen LogP contribution in [0.1, 0.15) is 16.7 Å². The van der Waals surface area contributed by atoms with E-state index >= 15 is 0 Å². The molecule has 0 spiro atoms. The molecule has 0 aliphatic rings. The fraction of sp³-hybridized carbons (Fsp3) is 0.200. The Kier molecular flexibility index (Phi) is 3.24. The minimum atomic E-state index is -0.450. The van der Waals surface area contributed by atoms with Crippen LogP contribution in [0.15, 0.2) is 30.3 Å². The van der Waals surface area contributed by atoms with Gasteiger partial charge < -0.3 is 10.5 Å². The number of hydrogen-bond acceptors (Lipinski definition) is 2. The third-order valence-corrected chi connectivity index (χ3v) is 2.94. The van der Waals surface area contributed by atoms with Crippen LogP contribution < -0.4 is 10.5 Å². The Morgan fingerprint density at radius 1 is 1.00 bits per heavy atom. The largest absolute Gasteiger partial charge is 0.454 e. The van der Waals surface area contributed by atoms with Gasteiger partial charge in [0.15, 0.2) is 11.6 Å². The van der Waals surface area contributed by atoms with E-state index in [4.69, 9.17) is 10.5 Å². The lowest BCUT2D eigenvalue weighted by Gasteiger charge is -2.12. The standard InChI is InChI=1S/C15H16FNO/c1-9-6-10(2)11(3)15(7-9)18-14-5-4-12(17)8-13(14)16/h4-8H,17H2,1-3H3. The van der Waals surface area contributed by atoms with Crippen molar-refractivity contribution in [1.82, 2.24) is 0 Å². The van der Waals surface area contributed by atoms with Crippen LogP contribution in [0.5, 0.6) is 11.5 Å². The molecule has 2 rings (SSSR count). The van der Waals surface area contributed by atoms with Gasteiger partial charge in [0.25, 0.3) is 0 Å². The lowest BCUT2D eigenvalue weighted by Crippen LogP contribution is -1.95. The van der Waals surface area contributed by atoms with Crippen molar-refractivity contribution < 1.29 is 9.13 Å². The molecule has 0 atom stereocenters. The predicted octanol–water partition coefficient (Wildman–Crippen LogP) is 4.13. The number of aryl methyl sites for hydroxylation is 2. The summed E-state index contributed by atoms with van der Waals surface area (Å²) in [7, 11) is 0. The van der Waals surface area contributed by atoms with Crippen LogP contribution in [-0.4, -0.2) is 0 Å². The Labute approximate surface area is 106 Å². The molecule has 18 heavy (non-hydrogen) atoms. The highest BCUT2D eigenvalue weighted by molar-refractivity contribution is 5.47. The first-order valence-electron chi connectivity index (χ1n) is 5.78. The Hall–Kier alpha value is -2.03. The quantitative estimate of drug-likeness (QED) is 0.807. The van der Waals surface area contributed by atoms with Gasteiger partial charge in [0.05, 0.1) is 0 Å². The number of halogens is 1. The van der Waals surface area contributed by atoms with Crippen LogP contribution in [0.4, 0.5) is 10.1 Å². The van der Waals surface area contributed by atoms with E-state index in [0.29, 0.717) is 11.4 Å². The Balaban J connectivity index is 2.40. The van der Waals surface area contributed by atoms with Crippen LogP contribution in [0.25, 0.3) is 0 Å². The highest BCUT2D eigenvalue weighted by atomic mass is 19.1. The molecule has 2 N–H and O–H groups in total. The highest BCUT2D eigenvalue weighted by Gasteiger charge is 2.09. The number of benzene rings is 2. The molecule has 94 valence electrons. The van der Waals surface area contributed by atoms with Crippen LogP contribution >= 0.6 is 0 Å². The highest BCUT2D eigenvalue weighted by Crippen LogP contribution is 2.30. The van der Waals surface area contributed by atoms with Gasteiger partial charge in [0.2, 0.25) is 0 Å². The second-order valence-corrected chi connectivity index (χ2v) is 4.50. The van der Waals surface area contributed by atoms with Crippen molar-refractivity contribution in [2.45, 2.75) is 20.8 Å². The molecular formula is C15H16FNO. The fourth-order valence-electron chi connectivity index (χ4n) is 1.83. The van der Waals surface area contributed by atoms with Gasteiger partial charge in [0, 0.05) is 11.8 Å². The van der Waals surface area contributed by atoms with E-state index in [9.17, 15) is 4.39 Å². The van der Waals surface area contributed by atoms with Gasteiger partial charge in [-0.2, -0.15) is 0 Å². The minimum absolute atomic E-state index is 0.192. The zero-order valence-corrected chi connectivity index (χ0v) is 10.8. The second kappa shape index (κ2) is 4.69. The molecule has 0 radical (unpaired) electrons. The molecule has 3 heteroatoms.